The third kappa shape index (κ3) is 10.1. The van der Waals surface area contributed by atoms with Crippen LogP contribution >= 0.6 is 11.3 Å². The van der Waals surface area contributed by atoms with Gasteiger partial charge in [0.05, 0.1) is 10.9 Å². The number of benzene rings is 3. The van der Waals surface area contributed by atoms with Crippen molar-refractivity contribution in [1.29, 1.82) is 0 Å². The van der Waals surface area contributed by atoms with Gasteiger partial charge in [0.2, 0.25) is 23.6 Å². The summed E-state index contributed by atoms with van der Waals surface area (Å²) in [5, 5.41) is 9.11. The van der Waals surface area contributed by atoms with Crippen LogP contribution in [0.2, 0.25) is 0 Å². The molecule has 0 spiro atoms. The fourth-order valence-electron chi connectivity index (χ4n) is 8.04. The van der Waals surface area contributed by atoms with Gasteiger partial charge in [0.15, 0.2) is 5.78 Å². The first-order chi connectivity index (χ1) is 27.2. The molecule has 0 unspecified atom stereocenters. The van der Waals surface area contributed by atoms with E-state index in [0.29, 0.717) is 29.3 Å². The summed E-state index contributed by atoms with van der Waals surface area (Å²) in [6.45, 7) is 2.20. The Kier molecular flexibility index (Phi) is 12.8. The number of hydrogen-bond donors (Lipinski definition) is 4. The average Bonchev–Trinajstić information content (AvgIpc) is 3.80. The van der Waals surface area contributed by atoms with Crippen LogP contribution < -0.4 is 21.7 Å². The van der Waals surface area contributed by atoms with Gasteiger partial charge in [-0.05, 0) is 73.2 Å². The van der Waals surface area contributed by atoms with Crippen molar-refractivity contribution in [2.75, 3.05) is 0 Å². The third-order valence-corrected chi connectivity index (χ3v) is 12.0. The Bertz CT molecular complexity index is 2080. The van der Waals surface area contributed by atoms with Crippen LogP contribution in [0.5, 0.6) is 0 Å². The number of amides is 5. The number of fused-ring (bicyclic) bond motifs is 2. The number of nitrogens with zero attached hydrogens (tertiary/aromatic N) is 1. The lowest BCUT2D eigenvalue weighted by atomic mass is 9.85. The predicted molar refractivity (Wildman–Crippen MR) is 212 cm³/mol. The number of hydrogen-bond acceptors (Lipinski definition) is 7. The zero-order chi connectivity index (χ0) is 40.9. The van der Waals surface area contributed by atoms with Gasteiger partial charge in [-0.3, -0.25) is 28.8 Å². The van der Waals surface area contributed by atoms with Crippen LogP contribution in [0.4, 0.5) is 8.78 Å². The molecule has 2 fully saturated rings. The van der Waals surface area contributed by atoms with Gasteiger partial charge in [0, 0.05) is 55.0 Å². The molecule has 11 nitrogen and oxygen atoms in total. The molecule has 0 radical (unpaired) electrons. The first-order valence-electron chi connectivity index (χ1n) is 19.2. The van der Waals surface area contributed by atoms with Crippen LogP contribution in [0, 0.1) is 0 Å². The summed E-state index contributed by atoms with van der Waals surface area (Å²) in [6, 6.07) is 20.8. The molecule has 1 aromatic heterocycles. The first-order valence-corrected chi connectivity index (χ1v) is 20.0. The molecule has 6 rings (SSSR count). The smallest absolute Gasteiger partial charge is 0.270 e. The van der Waals surface area contributed by atoms with E-state index < -0.39 is 53.7 Å². The monoisotopic (exact) mass is 799 g/mol. The van der Waals surface area contributed by atoms with Crippen molar-refractivity contribution in [2.45, 2.75) is 107 Å². The molecule has 5 atom stereocenters. The van der Waals surface area contributed by atoms with Gasteiger partial charge in [-0.1, -0.05) is 66.7 Å². The zero-order valence-corrected chi connectivity index (χ0v) is 32.7. The number of nitrogens with two attached hydrogens (primary N) is 1. The molecule has 4 aromatic rings. The molecule has 2 aliphatic rings. The van der Waals surface area contributed by atoms with Gasteiger partial charge >= 0.3 is 0 Å². The highest BCUT2D eigenvalue weighted by Gasteiger charge is 2.46. The van der Waals surface area contributed by atoms with E-state index in [4.69, 9.17) is 5.73 Å². The van der Waals surface area contributed by atoms with E-state index in [1.807, 2.05) is 60.7 Å². The topological polar surface area (TPSA) is 168 Å². The van der Waals surface area contributed by atoms with E-state index >= 15 is 0 Å². The number of halogens is 2. The van der Waals surface area contributed by atoms with Gasteiger partial charge in [-0.15, -0.1) is 11.3 Å². The van der Waals surface area contributed by atoms with E-state index in [0.717, 1.165) is 29.4 Å². The maximum absolute atomic E-state index is 14.4. The molecule has 2 saturated heterocycles. The normalized spacial score (nSPS) is 20.3. The largest absolute Gasteiger partial charge is 0.370 e. The number of alkyl halides is 2. The first kappa shape index (κ1) is 41.1. The van der Waals surface area contributed by atoms with Crippen LogP contribution in [-0.2, 0) is 29.9 Å². The van der Waals surface area contributed by atoms with E-state index in [1.165, 1.54) is 36.1 Å². The lowest BCUT2D eigenvalue weighted by molar-refractivity contribution is -0.143. The standard InChI is InChI=1S/C43H47F2N5O6S/c1-25(51)47-30-14-16-34(49-41(55)38-22-28-21-29(43(2,44)45)13-19-37(28)57-38)42(56)50-31(23-30)15-18-35(50)40(54)48-33(17-20-39(46)53)36(52)24-32(26-9-5-3-6-10-26)27-11-7-4-8-12-27/h3-13,19,21-22,30-35H,14-18,20,23-24H2,1-2H3,(H2,46,53)(H,47,51)(H,48,54)(H,49,55)/t30-,31-,33+,34+,35+/m1/s1. The van der Waals surface area contributed by atoms with E-state index in [9.17, 15) is 37.5 Å². The number of carbonyl (C=O) groups is 6. The van der Waals surface area contributed by atoms with Crippen molar-refractivity contribution in [2.24, 2.45) is 5.73 Å². The van der Waals surface area contributed by atoms with E-state index in [2.05, 4.69) is 16.0 Å². The minimum atomic E-state index is -3.06. The molecule has 5 amide bonds. The summed E-state index contributed by atoms with van der Waals surface area (Å²) in [4.78, 5) is 82.3. The highest BCUT2D eigenvalue weighted by Crippen LogP contribution is 2.35. The lowest BCUT2D eigenvalue weighted by Crippen LogP contribution is -2.59. The Labute approximate surface area is 333 Å². The average molecular weight is 800 g/mol. The Balaban J connectivity index is 1.24. The van der Waals surface area contributed by atoms with Crippen molar-refractivity contribution in [3.8, 4) is 0 Å². The van der Waals surface area contributed by atoms with Crippen LogP contribution in [0.15, 0.2) is 84.9 Å². The molecular weight excluding hydrogens is 753 g/mol. The molecule has 3 heterocycles. The third-order valence-electron chi connectivity index (χ3n) is 10.9. The van der Waals surface area contributed by atoms with Gasteiger partial charge in [-0.25, -0.2) is 8.78 Å². The maximum atomic E-state index is 14.4. The molecular formula is C43H47F2N5O6S. The molecule has 0 saturated carbocycles. The fraction of sp³-hybridized carbons (Fsp3) is 0.395. The Hall–Kier alpha value is -5.50. The minimum absolute atomic E-state index is 0.0279. The number of nitrogens with one attached hydrogen (secondary N) is 3. The second-order valence-corrected chi connectivity index (χ2v) is 16.2. The van der Waals surface area contributed by atoms with Crippen molar-refractivity contribution in [3.63, 3.8) is 0 Å². The summed E-state index contributed by atoms with van der Waals surface area (Å²) in [7, 11) is 0. The van der Waals surface area contributed by atoms with E-state index in [-0.39, 0.29) is 66.2 Å². The maximum Gasteiger partial charge on any atom is 0.270 e. The van der Waals surface area contributed by atoms with Crippen molar-refractivity contribution in [1.82, 2.24) is 20.9 Å². The number of rotatable bonds is 14. The highest BCUT2D eigenvalue weighted by atomic mass is 32.1. The minimum Gasteiger partial charge on any atom is -0.370 e. The number of ketones is 1. The molecule has 14 heteroatoms. The van der Waals surface area contributed by atoms with Crippen molar-refractivity contribution >= 4 is 56.7 Å². The highest BCUT2D eigenvalue weighted by molar-refractivity contribution is 7.20. The van der Waals surface area contributed by atoms with E-state index in [1.54, 1.807) is 0 Å². The second-order valence-electron chi connectivity index (χ2n) is 15.1. The second kappa shape index (κ2) is 17.7. The molecule has 300 valence electrons. The number of Topliss-reactive ketones (excluding diaryl/α,β-unsaturated/α-hetero) is 1. The fourth-order valence-corrected chi connectivity index (χ4v) is 8.99. The molecule has 5 N–H and O–H groups in total. The van der Waals surface area contributed by atoms with Crippen LogP contribution in [0.25, 0.3) is 10.1 Å². The summed E-state index contributed by atoms with van der Waals surface area (Å²) < 4.78 is 28.7. The van der Waals surface area contributed by atoms with Crippen molar-refractivity contribution < 1.29 is 37.5 Å². The lowest BCUT2D eigenvalue weighted by Gasteiger charge is -2.38. The van der Waals surface area contributed by atoms with Gasteiger partial charge in [0.1, 0.15) is 12.1 Å². The van der Waals surface area contributed by atoms with Crippen molar-refractivity contribution in [3.05, 3.63) is 106 Å². The molecule has 0 aliphatic carbocycles. The van der Waals surface area contributed by atoms with Gasteiger partial charge < -0.3 is 26.6 Å². The zero-order valence-electron chi connectivity index (χ0n) is 31.8. The summed E-state index contributed by atoms with van der Waals surface area (Å²) in [5.74, 6) is -6.20. The Morgan fingerprint density at radius 3 is 2.18 bits per heavy atom. The SMILES string of the molecule is CC(=O)N[C@@H]1CC[C@H](NC(=O)c2cc3cc(C(C)(F)F)ccc3s2)C(=O)N2[C@H](CC[C@H]2C(=O)N[C@@H](CCC(N)=O)C(=O)CC(c2ccccc2)c2ccccc2)C1. The number of primary amides is 1. The van der Waals surface area contributed by atoms with Gasteiger partial charge in [0.25, 0.3) is 11.8 Å². The van der Waals surface area contributed by atoms with Crippen LogP contribution in [0.1, 0.15) is 97.5 Å². The summed E-state index contributed by atoms with van der Waals surface area (Å²) >= 11 is 1.11. The summed E-state index contributed by atoms with van der Waals surface area (Å²) in [5.41, 5.74) is 7.13. The molecule has 3 aromatic carbocycles. The Morgan fingerprint density at radius 2 is 1.56 bits per heavy atom. The predicted octanol–water partition coefficient (Wildman–Crippen LogP) is 5.70. The number of thiophene rings is 1. The molecule has 57 heavy (non-hydrogen) atoms. The Morgan fingerprint density at radius 1 is 0.895 bits per heavy atom. The van der Waals surface area contributed by atoms with Gasteiger partial charge in [-0.2, -0.15) is 0 Å². The van der Waals surface area contributed by atoms with Crippen LogP contribution in [0.3, 0.4) is 0 Å². The quantitative estimate of drug-likeness (QED) is 0.128. The molecule has 2 aliphatic heterocycles. The number of carbonyl (C=O) groups excluding carboxylic acids is 6. The molecule has 0 bridgehead atoms. The summed E-state index contributed by atoms with van der Waals surface area (Å²) in [6.07, 6.45) is 1.47. The van der Waals surface area contributed by atoms with Crippen LogP contribution in [-0.4, -0.2) is 70.4 Å².